The summed E-state index contributed by atoms with van der Waals surface area (Å²) in [5, 5.41) is 53.1. The molecule has 0 bridgehead atoms. The number of aliphatic hydroxyl groups excluding tert-OH is 1. The lowest BCUT2D eigenvalue weighted by Crippen LogP contribution is -2.69. The number of aryl methyl sites for hydroxylation is 2. The summed E-state index contributed by atoms with van der Waals surface area (Å²) in [5.74, 6) is -8.34. The average molecular weight is 454 g/mol. The first-order chi connectivity index (χ1) is 14.9. The van der Waals surface area contributed by atoms with Crippen molar-refractivity contribution in [2.45, 2.75) is 56.8 Å². The summed E-state index contributed by atoms with van der Waals surface area (Å²) in [5.41, 5.74) is 2.69. The van der Waals surface area contributed by atoms with Crippen LogP contribution in [0.5, 0.6) is 0 Å². The van der Waals surface area contributed by atoms with Gasteiger partial charge in [-0.25, -0.2) is 14.3 Å². The minimum Gasteiger partial charge on any atom is -0.393 e. The quantitative estimate of drug-likeness (QED) is 0.232. The van der Waals surface area contributed by atoms with Gasteiger partial charge in [-0.05, 0) is 18.9 Å². The first-order valence-corrected chi connectivity index (χ1v) is 9.97. The van der Waals surface area contributed by atoms with E-state index in [1.807, 2.05) is 0 Å². The topological polar surface area (TPSA) is 175 Å². The molecule has 1 aromatic carbocycles. The second-order valence-corrected chi connectivity index (χ2v) is 7.83. The Kier molecular flexibility index (Phi) is 6.41. The fourth-order valence-corrected chi connectivity index (χ4v) is 3.88. The highest BCUT2D eigenvalue weighted by Gasteiger charge is 2.79. The third kappa shape index (κ3) is 3.49. The Morgan fingerprint density at radius 2 is 2.03 bits per heavy atom. The molecule has 12 heteroatoms. The van der Waals surface area contributed by atoms with Gasteiger partial charge in [0.1, 0.15) is 11.9 Å². The Hall–Kier alpha value is -2.45. The number of nitrogens with zero attached hydrogens (tertiary/aromatic N) is 3. The van der Waals surface area contributed by atoms with E-state index in [0.717, 1.165) is 11.8 Å². The van der Waals surface area contributed by atoms with Crippen molar-refractivity contribution in [2.24, 2.45) is 0 Å². The van der Waals surface area contributed by atoms with E-state index in [-0.39, 0.29) is 15.2 Å². The van der Waals surface area contributed by atoms with Gasteiger partial charge >= 0.3 is 17.5 Å². The summed E-state index contributed by atoms with van der Waals surface area (Å²) < 4.78 is 21.1. The molecule has 3 rings (SSSR count). The Balaban J connectivity index is 2.12. The van der Waals surface area contributed by atoms with Gasteiger partial charge < -0.3 is 36.1 Å². The van der Waals surface area contributed by atoms with E-state index in [1.54, 1.807) is 38.1 Å². The number of rotatable bonds is 7. The van der Waals surface area contributed by atoms with Crippen molar-refractivity contribution in [1.29, 1.82) is 0 Å². The highest BCUT2D eigenvalue weighted by Crippen LogP contribution is 2.51. The fourth-order valence-electron chi connectivity index (χ4n) is 3.88. The number of anilines is 1. The van der Waals surface area contributed by atoms with Gasteiger partial charge in [0, 0.05) is 11.8 Å². The molecule has 0 amide bonds. The Morgan fingerprint density at radius 3 is 2.62 bits per heavy atom. The van der Waals surface area contributed by atoms with Crippen LogP contribution in [0.15, 0.2) is 35.3 Å². The zero-order chi connectivity index (χ0) is 23.9. The predicted octanol–water partition coefficient (Wildman–Crippen LogP) is -0.682. The summed E-state index contributed by atoms with van der Waals surface area (Å²) >= 11 is 0. The smallest absolute Gasteiger partial charge is 0.353 e. The molecule has 0 unspecified atom stereocenters. The molecule has 32 heavy (non-hydrogen) atoms. The SMILES string of the molecule is CCCc1cnc(=O)n([C@@]2(O)O[C@H](CO)[C@](O)(N(O)Cc3cccc(C)c3)[C@]2(O)F)c1N. The largest absolute Gasteiger partial charge is 0.393 e. The van der Waals surface area contributed by atoms with E-state index in [1.165, 1.54) is 0 Å². The normalized spacial score (nSPS) is 30.2. The molecule has 0 radical (unpaired) electrons. The summed E-state index contributed by atoms with van der Waals surface area (Å²) in [4.78, 5) is 15.9. The summed E-state index contributed by atoms with van der Waals surface area (Å²) in [6.45, 7) is 1.90. The number of nitrogen functional groups attached to an aromatic ring is 1. The molecule has 7 N–H and O–H groups in total. The first kappa shape index (κ1) is 24.2. The molecular weight excluding hydrogens is 427 g/mol. The Labute approximate surface area is 182 Å². The van der Waals surface area contributed by atoms with Crippen LogP contribution in [0.2, 0.25) is 0 Å². The van der Waals surface area contributed by atoms with Gasteiger partial charge in [0.25, 0.3) is 0 Å². The zero-order valence-corrected chi connectivity index (χ0v) is 17.6. The van der Waals surface area contributed by atoms with Gasteiger partial charge in [0.2, 0.25) is 5.72 Å². The monoisotopic (exact) mass is 454 g/mol. The second kappa shape index (κ2) is 8.48. The van der Waals surface area contributed by atoms with E-state index < -0.39 is 48.3 Å². The highest BCUT2D eigenvalue weighted by molar-refractivity contribution is 5.40. The molecule has 1 fully saturated rings. The number of hydroxylamine groups is 2. The summed E-state index contributed by atoms with van der Waals surface area (Å²) in [6, 6.07) is 6.61. The zero-order valence-electron chi connectivity index (χ0n) is 17.6. The van der Waals surface area contributed by atoms with Crippen LogP contribution in [0.25, 0.3) is 0 Å². The van der Waals surface area contributed by atoms with Crippen LogP contribution in [-0.2, 0) is 23.6 Å². The van der Waals surface area contributed by atoms with E-state index in [2.05, 4.69) is 4.98 Å². The molecule has 1 saturated heterocycles. The van der Waals surface area contributed by atoms with Gasteiger partial charge in [-0.2, -0.15) is 4.39 Å². The predicted molar refractivity (Wildman–Crippen MR) is 109 cm³/mol. The molecule has 1 aliphatic rings. The van der Waals surface area contributed by atoms with Crippen LogP contribution in [0.1, 0.15) is 30.0 Å². The lowest BCUT2D eigenvalue weighted by molar-refractivity contribution is -0.410. The Bertz CT molecular complexity index is 1050. The number of aromatic nitrogens is 2. The van der Waals surface area contributed by atoms with Crippen LogP contribution in [0, 0.1) is 6.92 Å². The molecule has 0 aliphatic carbocycles. The van der Waals surface area contributed by atoms with E-state index in [9.17, 15) is 30.4 Å². The fraction of sp³-hybridized carbons (Fsp3) is 0.500. The van der Waals surface area contributed by atoms with Crippen molar-refractivity contribution in [3.8, 4) is 0 Å². The van der Waals surface area contributed by atoms with Gasteiger partial charge in [-0.15, -0.1) is 5.06 Å². The van der Waals surface area contributed by atoms with Gasteiger partial charge in [-0.1, -0.05) is 43.2 Å². The molecule has 11 nitrogen and oxygen atoms in total. The lowest BCUT2D eigenvalue weighted by Gasteiger charge is -2.41. The van der Waals surface area contributed by atoms with Crippen LogP contribution < -0.4 is 11.4 Å². The molecular formula is C20H27FN4O7. The minimum absolute atomic E-state index is 0.00875. The standard InChI is InChI=1S/C20H27FN4O7/c1-3-5-14-9-23-17(27)25(16(14)22)20(30)19(21,29)18(28,15(11-26)32-20)24(31)10-13-7-4-6-12(2)8-13/h4,6-9,15,26,28-31H,3,5,10-11,22H2,1-2H3/t15-,18-,19-,20+/m1/s1. The number of alkyl halides is 1. The van der Waals surface area contributed by atoms with Crippen LogP contribution >= 0.6 is 0 Å². The number of ether oxygens (including phenoxy) is 1. The second-order valence-electron chi connectivity index (χ2n) is 7.83. The number of hydrogen-bond donors (Lipinski definition) is 6. The number of benzene rings is 1. The van der Waals surface area contributed by atoms with E-state index in [0.29, 0.717) is 18.4 Å². The number of halogens is 1. The van der Waals surface area contributed by atoms with E-state index in [4.69, 9.17) is 10.5 Å². The molecule has 2 aromatic rings. The first-order valence-electron chi connectivity index (χ1n) is 9.97. The number of hydrogen-bond acceptors (Lipinski definition) is 10. The van der Waals surface area contributed by atoms with Crippen molar-refractivity contribution in [2.75, 3.05) is 12.3 Å². The van der Waals surface area contributed by atoms with Gasteiger partial charge in [0.05, 0.1) is 13.2 Å². The molecule has 1 aromatic heterocycles. The third-order valence-corrected chi connectivity index (χ3v) is 5.56. The molecule has 4 atom stereocenters. The molecule has 0 spiro atoms. The Morgan fingerprint density at radius 1 is 1.34 bits per heavy atom. The van der Waals surface area contributed by atoms with Crippen molar-refractivity contribution in [1.82, 2.24) is 14.6 Å². The van der Waals surface area contributed by atoms with Crippen molar-refractivity contribution >= 4 is 5.82 Å². The van der Waals surface area contributed by atoms with Crippen molar-refractivity contribution < 1.29 is 34.8 Å². The highest BCUT2D eigenvalue weighted by atomic mass is 19.2. The molecule has 176 valence electrons. The van der Waals surface area contributed by atoms with E-state index >= 15 is 4.39 Å². The molecule has 1 aliphatic heterocycles. The maximum Gasteiger partial charge on any atom is 0.353 e. The van der Waals surface area contributed by atoms with Crippen LogP contribution in [0.3, 0.4) is 0 Å². The summed E-state index contributed by atoms with van der Waals surface area (Å²) in [6.07, 6.45) is -0.0991. The minimum atomic E-state index is -4.25. The van der Waals surface area contributed by atoms with Gasteiger partial charge in [0.15, 0.2) is 0 Å². The van der Waals surface area contributed by atoms with Crippen LogP contribution in [-0.4, -0.2) is 64.5 Å². The third-order valence-electron chi connectivity index (χ3n) is 5.56. The van der Waals surface area contributed by atoms with Crippen molar-refractivity contribution in [3.05, 3.63) is 57.6 Å². The maximum atomic E-state index is 15.9. The van der Waals surface area contributed by atoms with Gasteiger partial charge in [-0.3, -0.25) is 0 Å². The van der Waals surface area contributed by atoms with Crippen molar-refractivity contribution in [3.63, 3.8) is 0 Å². The summed E-state index contributed by atoms with van der Waals surface area (Å²) in [7, 11) is 0. The molecule has 2 heterocycles. The number of nitrogens with two attached hydrogens (primary N) is 1. The molecule has 0 saturated carbocycles. The number of aliphatic hydroxyl groups is 4. The van der Waals surface area contributed by atoms with Crippen LogP contribution in [0.4, 0.5) is 10.2 Å². The lowest BCUT2D eigenvalue weighted by atomic mass is 9.97. The maximum absolute atomic E-state index is 15.9. The average Bonchev–Trinajstić information content (AvgIpc) is 2.88.